The van der Waals surface area contributed by atoms with Gasteiger partial charge >= 0.3 is 0 Å². The zero-order valence-electron chi connectivity index (χ0n) is 8.12. The van der Waals surface area contributed by atoms with Crippen molar-refractivity contribution < 1.29 is 0 Å². The van der Waals surface area contributed by atoms with Gasteiger partial charge in [0.15, 0.2) is 0 Å². The Kier molecular flexibility index (Phi) is 2.49. The first kappa shape index (κ1) is 8.81. The number of rotatable bonds is 3. The average Bonchev–Trinajstić information content (AvgIpc) is 2.63. The fraction of sp³-hybridized carbons (Fsp3) is 0.182. The first-order valence-corrected chi connectivity index (χ1v) is 4.64. The lowest BCUT2D eigenvalue weighted by molar-refractivity contribution is 1.04. The zero-order valence-corrected chi connectivity index (χ0v) is 8.12. The molecule has 0 amide bonds. The molecule has 0 radical (unpaired) electrons. The number of benzene rings is 1. The third-order valence-electron chi connectivity index (χ3n) is 2.19. The molecule has 0 saturated heterocycles. The van der Waals surface area contributed by atoms with E-state index >= 15 is 0 Å². The van der Waals surface area contributed by atoms with Gasteiger partial charge in [0.25, 0.3) is 0 Å². The molecular weight excluding hydrogens is 174 g/mol. The highest BCUT2D eigenvalue weighted by Crippen LogP contribution is 2.09. The Morgan fingerprint density at radius 3 is 2.71 bits per heavy atom. The van der Waals surface area contributed by atoms with E-state index in [-0.39, 0.29) is 0 Å². The summed E-state index contributed by atoms with van der Waals surface area (Å²) in [5.74, 6) is 0. The molecule has 0 bridgehead atoms. The van der Waals surface area contributed by atoms with Gasteiger partial charge in [-0.2, -0.15) is 5.10 Å². The van der Waals surface area contributed by atoms with Crippen LogP contribution in [0.5, 0.6) is 0 Å². The van der Waals surface area contributed by atoms with Crippen molar-refractivity contribution in [3.8, 4) is 0 Å². The molecule has 2 aromatic rings. The lowest BCUT2D eigenvalue weighted by atomic mass is 10.2. The van der Waals surface area contributed by atoms with Crippen LogP contribution in [0.25, 0.3) is 0 Å². The smallest absolute Gasteiger partial charge is 0.0539 e. The lowest BCUT2D eigenvalue weighted by Crippen LogP contribution is -1.99. The van der Waals surface area contributed by atoms with Gasteiger partial charge in [-0.05, 0) is 19.1 Å². The van der Waals surface area contributed by atoms with Gasteiger partial charge in [0.2, 0.25) is 0 Å². The molecule has 0 aliphatic rings. The average molecular weight is 187 g/mol. The summed E-state index contributed by atoms with van der Waals surface area (Å²) >= 11 is 0. The van der Waals surface area contributed by atoms with Crippen LogP contribution in [-0.2, 0) is 6.54 Å². The molecule has 1 heterocycles. The number of nitrogens with zero attached hydrogens (tertiary/aromatic N) is 1. The molecule has 0 saturated carbocycles. The Bertz CT molecular complexity index is 392. The van der Waals surface area contributed by atoms with Crippen LogP contribution in [0.2, 0.25) is 0 Å². The third kappa shape index (κ3) is 1.93. The maximum Gasteiger partial charge on any atom is 0.0539 e. The standard InChI is InChI=1S/C11H13N3/c1-9-10(8-13-14-9)7-12-11-5-3-2-4-6-11/h2-6,8,12H,7H2,1H3,(H,13,14). The first-order chi connectivity index (χ1) is 6.86. The van der Waals surface area contributed by atoms with E-state index < -0.39 is 0 Å². The molecule has 0 fully saturated rings. The minimum atomic E-state index is 0.812. The Balaban J connectivity index is 1.99. The Labute approximate surface area is 83.2 Å². The van der Waals surface area contributed by atoms with E-state index in [0.717, 1.165) is 17.9 Å². The van der Waals surface area contributed by atoms with E-state index in [2.05, 4.69) is 27.6 Å². The highest BCUT2D eigenvalue weighted by Gasteiger charge is 1.98. The lowest BCUT2D eigenvalue weighted by Gasteiger charge is -2.04. The van der Waals surface area contributed by atoms with Crippen molar-refractivity contribution in [3.05, 3.63) is 47.8 Å². The number of hydrogen-bond acceptors (Lipinski definition) is 2. The van der Waals surface area contributed by atoms with Gasteiger partial charge in [0.05, 0.1) is 6.20 Å². The van der Waals surface area contributed by atoms with Crippen molar-refractivity contribution in [1.29, 1.82) is 0 Å². The summed E-state index contributed by atoms with van der Waals surface area (Å²) in [6.45, 7) is 2.83. The highest BCUT2D eigenvalue weighted by molar-refractivity contribution is 5.43. The third-order valence-corrected chi connectivity index (χ3v) is 2.19. The Morgan fingerprint density at radius 1 is 1.29 bits per heavy atom. The van der Waals surface area contributed by atoms with Crippen LogP contribution >= 0.6 is 0 Å². The fourth-order valence-corrected chi connectivity index (χ4v) is 1.31. The van der Waals surface area contributed by atoms with Gasteiger partial charge in [-0.25, -0.2) is 0 Å². The zero-order chi connectivity index (χ0) is 9.80. The maximum atomic E-state index is 3.97. The van der Waals surface area contributed by atoms with Gasteiger partial charge < -0.3 is 5.32 Å². The van der Waals surface area contributed by atoms with Crippen LogP contribution in [0.15, 0.2) is 36.5 Å². The number of H-pyrrole nitrogens is 1. The number of hydrogen-bond donors (Lipinski definition) is 2. The molecule has 0 aliphatic carbocycles. The van der Waals surface area contributed by atoms with E-state index in [1.807, 2.05) is 31.3 Å². The maximum absolute atomic E-state index is 3.97. The molecule has 1 aromatic carbocycles. The Morgan fingerprint density at radius 2 is 2.07 bits per heavy atom. The molecule has 0 spiro atoms. The van der Waals surface area contributed by atoms with Crippen LogP contribution in [-0.4, -0.2) is 10.2 Å². The van der Waals surface area contributed by atoms with Crippen molar-refractivity contribution in [2.45, 2.75) is 13.5 Å². The predicted octanol–water partition coefficient (Wildman–Crippen LogP) is 2.33. The number of aryl methyl sites for hydroxylation is 1. The minimum Gasteiger partial charge on any atom is -0.381 e. The molecule has 14 heavy (non-hydrogen) atoms. The molecule has 0 aliphatic heterocycles. The molecule has 1 aromatic heterocycles. The second-order valence-electron chi connectivity index (χ2n) is 3.24. The second kappa shape index (κ2) is 3.96. The summed E-state index contributed by atoms with van der Waals surface area (Å²) in [5, 5.41) is 10.2. The van der Waals surface area contributed by atoms with Crippen LogP contribution in [0.4, 0.5) is 5.69 Å². The SMILES string of the molecule is Cc1[nH]ncc1CNc1ccccc1. The summed E-state index contributed by atoms with van der Waals surface area (Å²) in [7, 11) is 0. The summed E-state index contributed by atoms with van der Waals surface area (Å²) in [5.41, 5.74) is 3.45. The Hall–Kier alpha value is -1.77. The normalized spacial score (nSPS) is 10.1. The largest absolute Gasteiger partial charge is 0.381 e. The van der Waals surface area contributed by atoms with E-state index in [0.29, 0.717) is 0 Å². The number of aromatic amines is 1. The van der Waals surface area contributed by atoms with Crippen molar-refractivity contribution in [2.75, 3.05) is 5.32 Å². The molecule has 3 heteroatoms. The summed E-state index contributed by atoms with van der Waals surface area (Å²) in [6.07, 6.45) is 1.85. The molecule has 72 valence electrons. The molecule has 0 unspecified atom stereocenters. The monoisotopic (exact) mass is 187 g/mol. The molecular formula is C11H13N3. The van der Waals surface area contributed by atoms with Crippen LogP contribution in [0, 0.1) is 6.92 Å². The number of aromatic nitrogens is 2. The van der Waals surface area contributed by atoms with Crippen molar-refractivity contribution >= 4 is 5.69 Å². The number of anilines is 1. The van der Waals surface area contributed by atoms with E-state index in [4.69, 9.17) is 0 Å². The molecule has 0 atom stereocenters. The summed E-state index contributed by atoms with van der Waals surface area (Å²) in [6, 6.07) is 10.1. The summed E-state index contributed by atoms with van der Waals surface area (Å²) < 4.78 is 0. The highest BCUT2D eigenvalue weighted by atomic mass is 15.1. The van der Waals surface area contributed by atoms with Gasteiger partial charge in [-0.15, -0.1) is 0 Å². The molecule has 3 nitrogen and oxygen atoms in total. The molecule has 2 N–H and O–H groups in total. The number of para-hydroxylation sites is 1. The van der Waals surface area contributed by atoms with Crippen molar-refractivity contribution in [3.63, 3.8) is 0 Å². The van der Waals surface area contributed by atoms with Crippen LogP contribution in [0.3, 0.4) is 0 Å². The molecule has 2 rings (SSSR count). The summed E-state index contributed by atoms with van der Waals surface area (Å²) in [4.78, 5) is 0. The predicted molar refractivity (Wildman–Crippen MR) is 57.1 cm³/mol. The van der Waals surface area contributed by atoms with Crippen LogP contribution < -0.4 is 5.32 Å². The van der Waals surface area contributed by atoms with Gasteiger partial charge in [-0.3, -0.25) is 5.10 Å². The second-order valence-corrected chi connectivity index (χ2v) is 3.24. The van der Waals surface area contributed by atoms with E-state index in [9.17, 15) is 0 Å². The van der Waals surface area contributed by atoms with Gasteiger partial charge in [-0.1, -0.05) is 18.2 Å². The van der Waals surface area contributed by atoms with Crippen LogP contribution in [0.1, 0.15) is 11.3 Å². The van der Waals surface area contributed by atoms with E-state index in [1.54, 1.807) is 0 Å². The number of nitrogens with one attached hydrogen (secondary N) is 2. The fourth-order valence-electron chi connectivity index (χ4n) is 1.31. The van der Waals surface area contributed by atoms with Gasteiger partial charge in [0.1, 0.15) is 0 Å². The van der Waals surface area contributed by atoms with Gasteiger partial charge in [0, 0.05) is 23.5 Å². The topological polar surface area (TPSA) is 40.7 Å². The van der Waals surface area contributed by atoms with Crippen molar-refractivity contribution in [2.24, 2.45) is 0 Å². The minimum absolute atomic E-state index is 0.812. The quantitative estimate of drug-likeness (QED) is 0.774. The van der Waals surface area contributed by atoms with Crippen molar-refractivity contribution in [1.82, 2.24) is 10.2 Å². The van der Waals surface area contributed by atoms with E-state index in [1.165, 1.54) is 5.56 Å². The first-order valence-electron chi connectivity index (χ1n) is 4.64.